The monoisotopic (exact) mass is 864 g/mol. The van der Waals surface area contributed by atoms with Gasteiger partial charge in [-0.2, -0.15) is 15.0 Å². The molecule has 0 spiro atoms. The number of guanidine groups is 2. The number of amidine groups is 2. The van der Waals surface area contributed by atoms with Gasteiger partial charge >= 0.3 is 0 Å². The van der Waals surface area contributed by atoms with Crippen molar-refractivity contribution in [2.75, 3.05) is 13.1 Å². The quantitative estimate of drug-likeness (QED) is 0.0591. The number of hydrogen-bond acceptors (Lipinski definition) is 10. The summed E-state index contributed by atoms with van der Waals surface area (Å²) in [7, 11) is 0. The zero-order valence-electron chi connectivity index (χ0n) is 35.7. The van der Waals surface area contributed by atoms with E-state index in [1.54, 1.807) is 22.7 Å². The molecule has 0 atom stereocenters. The highest BCUT2D eigenvalue weighted by Gasteiger charge is 2.38. The van der Waals surface area contributed by atoms with Gasteiger partial charge in [-0.1, -0.05) is 142 Å². The van der Waals surface area contributed by atoms with Crippen molar-refractivity contribution in [1.82, 2.24) is 9.80 Å². The first kappa shape index (κ1) is 43.6. The van der Waals surface area contributed by atoms with Gasteiger partial charge < -0.3 is 4.90 Å². The Bertz CT molecular complexity index is 2070. The second-order valence-corrected chi connectivity index (χ2v) is 20.2. The Kier molecular flexibility index (Phi) is 17.0. The van der Waals surface area contributed by atoms with Crippen molar-refractivity contribution >= 4 is 80.1 Å². The Balaban J connectivity index is 1.15. The standard InChI is InChI=1S/C49H64N6S4/c1-4-6-8-10-12-14-16-18-20-22-32-54(33-23-21-19-17-15-13-11-9-7-5-2)48-52-47-39(41-29-31-45(59-41)43-27-25-35-57-43)36-38(46-50-37(3)51-49(53-48)55(46)47)40-28-30-44(58-40)42-26-24-34-56-42/h24-31,34-36H,4-23,32-33H2,1-3H3. The van der Waals surface area contributed by atoms with Crippen molar-refractivity contribution in [3.8, 4) is 19.5 Å². The van der Waals surface area contributed by atoms with Crippen LogP contribution in [0.1, 0.15) is 159 Å². The van der Waals surface area contributed by atoms with Crippen LogP contribution in [0.3, 0.4) is 0 Å². The molecule has 6 nitrogen and oxygen atoms in total. The molecule has 4 aromatic rings. The van der Waals surface area contributed by atoms with Crippen LogP contribution >= 0.6 is 45.3 Å². The molecule has 3 aliphatic heterocycles. The number of nitrogens with zero attached hydrogens (tertiary/aromatic N) is 6. The predicted octanol–water partition coefficient (Wildman–Crippen LogP) is 16.0. The zero-order valence-corrected chi connectivity index (χ0v) is 39.0. The molecule has 0 fully saturated rings. The molecule has 0 unspecified atom stereocenters. The number of aliphatic imine (C=N–C) groups is 4. The first-order valence-corrected chi connectivity index (χ1v) is 26.1. The smallest absolute Gasteiger partial charge is 0.242 e. The lowest BCUT2D eigenvalue weighted by Crippen LogP contribution is -2.46. The van der Waals surface area contributed by atoms with Crippen LogP contribution in [-0.4, -0.2) is 46.5 Å². The maximum Gasteiger partial charge on any atom is 0.242 e. The van der Waals surface area contributed by atoms with Gasteiger partial charge in [-0.3, -0.25) is 0 Å². The van der Waals surface area contributed by atoms with E-state index in [1.807, 2.05) is 29.6 Å². The molecule has 0 radical (unpaired) electrons. The average Bonchev–Trinajstić information content (AvgIpc) is 4.10. The van der Waals surface area contributed by atoms with Crippen molar-refractivity contribution in [2.24, 2.45) is 20.0 Å². The second kappa shape index (κ2) is 23.0. The van der Waals surface area contributed by atoms with Crippen LogP contribution in [-0.2, 0) is 0 Å². The SMILES string of the molecule is CCCCCCCCCCCCN(CCCCCCCCCCCC)C1=NC2=C(c3ccc(-c4cccs4)s3)C=C(c3ccc(-c4cccs4)s3)C3=NC(C)=NC(=N1)N32. The molecule has 4 aromatic heterocycles. The molecule has 0 N–H and O–H groups in total. The van der Waals surface area contributed by atoms with Gasteiger partial charge in [-0.05, 0) is 73.0 Å². The lowest BCUT2D eigenvalue weighted by Gasteiger charge is -2.37. The Morgan fingerprint density at radius 3 is 1.53 bits per heavy atom. The number of hydrogen-bond donors (Lipinski definition) is 0. The summed E-state index contributed by atoms with van der Waals surface area (Å²) in [6, 6.07) is 17.7. The molecular weight excluding hydrogens is 801 g/mol. The van der Waals surface area contributed by atoms with E-state index in [4.69, 9.17) is 20.0 Å². The van der Waals surface area contributed by atoms with Crippen LogP contribution in [0.5, 0.6) is 0 Å². The molecule has 0 amide bonds. The van der Waals surface area contributed by atoms with Crippen LogP contribution in [0, 0.1) is 0 Å². The Labute approximate surface area is 370 Å². The average molecular weight is 865 g/mol. The van der Waals surface area contributed by atoms with E-state index in [0.717, 1.165) is 60.5 Å². The molecule has 0 saturated heterocycles. The number of thiophene rings is 4. The largest absolute Gasteiger partial charge is 0.341 e. The van der Waals surface area contributed by atoms with Crippen LogP contribution < -0.4 is 0 Å². The molecule has 0 bridgehead atoms. The summed E-state index contributed by atoms with van der Waals surface area (Å²) in [4.78, 5) is 33.1. The molecule has 59 heavy (non-hydrogen) atoms. The topological polar surface area (TPSA) is 55.9 Å². The van der Waals surface area contributed by atoms with Crippen LogP contribution in [0.15, 0.2) is 91.2 Å². The summed E-state index contributed by atoms with van der Waals surface area (Å²) in [5, 5.41) is 4.31. The van der Waals surface area contributed by atoms with E-state index in [2.05, 4.69) is 89.0 Å². The fourth-order valence-corrected chi connectivity index (χ4v) is 11.9. The first-order chi connectivity index (χ1) is 29.1. The second-order valence-electron chi connectivity index (χ2n) is 16.2. The maximum absolute atomic E-state index is 5.52. The van der Waals surface area contributed by atoms with E-state index in [-0.39, 0.29) is 0 Å². The Morgan fingerprint density at radius 1 is 0.508 bits per heavy atom. The van der Waals surface area contributed by atoms with Crippen molar-refractivity contribution in [3.05, 3.63) is 80.9 Å². The van der Waals surface area contributed by atoms with E-state index in [9.17, 15) is 0 Å². The number of unbranched alkanes of at least 4 members (excludes halogenated alkanes) is 18. The molecule has 0 aliphatic carbocycles. The minimum absolute atomic E-state index is 0.678. The first-order valence-electron chi connectivity index (χ1n) is 22.7. The fourth-order valence-electron chi connectivity index (χ4n) is 8.15. The van der Waals surface area contributed by atoms with Crippen molar-refractivity contribution in [3.63, 3.8) is 0 Å². The predicted molar refractivity (Wildman–Crippen MR) is 263 cm³/mol. The van der Waals surface area contributed by atoms with Crippen molar-refractivity contribution in [2.45, 2.75) is 149 Å². The van der Waals surface area contributed by atoms with Crippen LogP contribution in [0.25, 0.3) is 30.7 Å². The number of allylic oxidation sites excluding steroid dienone is 2. The van der Waals surface area contributed by atoms with Crippen LogP contribution in [0.2, 0.25) is 0 Å². The third-order valence-corrected chi connectivity index (χ3v) is 15.8. The zero-order chi connectivity index (χ0) is 40.7. The Hall–Kier alpha value is -3.44. The highest BCUT2D eigenvalue weighted by atomic mass is 32.1. The van der Waals surface area contributed by atoms with Gasteiger partial charge in [0.15, 0.2) is 11.7 Å². The van der Waals surface area contributed by atoms with Gasteiger partial charge in [0.1, 0.15) is 5.84 Å². The van der Waals surface area contributed by atoms with Gasteiger partial charge in [-0.15, -0.1) is 45.3 Å². The van der Waals surface area contributed by atoms with Crippen molar-refractivity contribution in [1.29, 1.82) is 0 Å². The van der Waals surface area contributed by atoms with E-state index in [0.29, 0.717) is 5.96 Å². The summed E-state index contributed by atoms with van der Waals surface area (Å²) in [6.07, 6.45) is 28.9. The summed E-state index contributed by atoms with van der Waals surface area (Å²) in [5.74, 6) is 3.96. The van der Waals surface area contributed by atoms with Gasteiger partial charge in [0.25, 0.3) is 0 Å². The summed E-state index contributed by atoms with van der Waals surface area (Å²) >= 11 is 7.23. The lowest BCUT2D eigenvalue weighted by atomic mass is 10.0. The van der Waals surface area contributed by atoms with Gasteiger partial charge in [-0.25, -0.2) is 9.89 Å². The van der Waals surface area contributed by atoms with E-state index < -0.39 is 0 Å². The summed E-state index contributed by atoms with van der Waals surface area (Å²) in [6.45, 7) is 8.54. The molecule has 0 saturated carbocycles. The van der Waals surface area contributed by atoms with Crippen molar-refractivity contribution < 1.29 is 0 Å². The highest BCUT2D eigenvalue weighted by molar-refractivity contribution is 7.22. The lowest BCUT2D eigenvalue weighted by molar-refractivity contribution is 0.377. The third kappa shape index (κ3) is 11.9. The van der Waals surface area contributed by atoms with E-state index in [1.165, 1.54) is 145 Å². The van der Waals surface area contributed by atoms with Crippen LogP contribution in [0.4, 0.5) is 0 Å². The minimum atomic E-state index is 0.678. The van der Waals surface area contributed by atoms with Gasteiger partial charge in [0, 0.05) is 53.5 Å². The van der Waals surface area contributed by atoms with E-state index >= 15 is 0 Å². The summed E-state index contributed by atoms with van der Waals surface area (Å²) < 4.78 is 0. The van der Waals surface area contributed by atoms with Gasteiger partial charge in [0.05, 0.1) is 0 Å². The molecular formula is C49H64N6S4. The maximum atomic E-state index is 5.52. The fraction of sp³-hybridized carbons (Fsp3) is 0.510. The normalized spacial score (nSPS) is 14.9. The molecule has 3 aliphatic rings. The molecule has 314 valence electrons. The van der Waals surface area contributed by atoms with Gasteiger partial charge in [0.2, 0.25) is 11.9 Å². The molecule has 0 aromatic carbocycles. The minimum Gasteiger partial charge on any atom is -0.341 e. The summed E-state index contributed by atoms with van der Waals surface area (Å²) in [5.41, 5.74) is 2.20. The molecule has 7 rings (SSSR count). The Morgan fingerprint density at radius 2 is 1.00 bits per heavy atom. The molecule has 7 heterocycles. The molecule has 10 heteroatoms. The highest BCUT2D eigenvalue weighted by Crippen LogP contribution is 2.44. The third-order valence-electron chi connectivity index (χ3n) is 11.4. The number of rotatable bonds is 26.